The van der Waals surface area contributed by atoms with Crippen molar-refractivity contribution < 1.29 is 18.6 Å². The van der Waals surface area contributed by atoms with E-state index in [0.717, 1.165) is 5.56 Å². The lowest BCUT2D eigenvalue weighted by atomic mass is 10.2. The molecule has 2 rings (SSSR count). The first-order valence-corrected chi connectivity index (χ1v) is 6.31. The molecular weight excluding hydrogens is 275 g/mol. The second-order valence-electron chi connectivity index (χ2n) is 4.42. The Kier molecular flexibility index (Phi) is 4.47. The molecule has 2 aromatic rings. The Hall–Kier alpha value is -2.50. The van der Waals surface area contributed by atoms with Gasteiger partial charge in [-0.05, 0) is 18.6 Å². The number of halogens is 1. The number of ether oxygens (including phenoxy) is 3. The number of aryl methyl sites for hydroxylation is 1. The Balaban J connectivity index is 2.22. The second kappa shape index (κ2) is 6.30. The standard InChI is InChI=1S/C15H17FN2O3/c1-9-6-14(10(16)7-11(9)17)21-8-12-15(20-3)13(19-2)4-5-18-12/h4-7H,8,17H2,1-3H3. The van der Waals surface area contributed by atoms with Gasteiger partial charge in [-0.2, -0.15) is 0 Å². The van der Waals surface area contributed by atoms with Gasteiger partial charge in [-0.3, -0.25) is 4.98 Å². The number of hydrogen-bond donors (Lipinski definition) is 1. The van der Waals surface area contributed by atoms with Crippen LogP contribution in [0.2, 0.25) is 0 Å². The van der Waals surface area contributed by atoms with Crippen LogP contribution in [0.4, 0.5) is 10.1 Å². The Morgan fingerprint density at radius 3 is 2.62 bits per heavy atom. The van der Waals surface area contributed by atoms with Gasteiger partial charge in [0.25, 0.3) is 0 Å². The lowest BCUT2D eigenvalue weighted by Crippen LogP contribution is -2.04. The number of benzene rings is 1. The van der Waals surface area contributed by atoms with E-state index >= 15 is 0 Å². The van der Waals surface area contributed by atoms with E-state index in [4.69, 9.17) is 19.9 Å². The van der Waals surface area contributed by atoms with E-state index in [0.29, 0.717) is 22.9 Å². The van der Waals surface area contributed by atoms with E-state index in [1.54, 1.807) is 25.3 Å². The molecule has 0 spiro atoms. The molecule has 6 heteroatoms. The molecule has 0 aliphatic carbocycles. The van der Waals surface area contributed by atoms with Crippen molar-refractivity contribution >= 4 is 5.69 Å². The molecule has 112 valence electrons. The summed E-state index contributed by atoms with van der Waals surface area (Å²) in [7, 11) is 3.04. The van der Waals surface area contributed by atoms with Crippen LogP contribution in [0, 0.1) is 12.7 Å². The Morgan fingerprint density at radius 1 is 1.19 bits per heavy atom. The number of aromatic nitrogens is 1. The molecule has 0 fully saturated rings. The van der Waals surface area contributed by atoms with Crippen LogP contribution in [0.1, 0.15) is 11.3 Å². The molecule has 2 N–H and O–H groups in total. The average molecular weight is 292 g/mol. The predicted octanol–water partition coefficient (Wildman–Crippen LogP) is 2.71. The van der Waals surface area contributed by atoms with E-state index in [1.165, 1.54) is 20.3 Å². The van der Waals surface area contributed by atoms with Crippen LogP contribution in [0.25, 0.3) is 0 Å². The molecule has 0 aliphatic heterocycles. The van der Waals surface area contributed by atoms with Gasteiger partial charge >= 0.3 is 0 Å². The quantitative estimate of drug-likeness (QED) is 0.858. The molecule has 0 unspecified atom stereocenters. The van der Waals surface area contributed by atoms with Gasteiger partial charge in [0.1, 0.15) is 12.3 Å². The SMILES string of the molecule is COc1ccnc(COc2cc(C)c(N)cc2F)c1OC. The van der Waals surface area contributed by atoms with Crippen molar-refractivity contribution in [1.82, 2.24) is 4.98 Å². The minimum atomic E-state index is -0.514. The molecule has 1 aromatic heterocycles. The van der Waals surface area contributed by atoms with Gasteiger partial charge in [0.2, 0.25) is 0 Å². The van der Waals surface area contributed by atoms with Gasteiger partial charge in [-0.25, -0.2) is 4.39 Å². The van der Waals surface area contributed by atoms with Gasteiger partial charge in [-0.15, -0.1) is 0 Å². The maximum Gasteiger partial charge on any atom is 0.185 e. The van der Waals surface area contributed by atoms with Gasteiger partial charge < -0.3 is 19.9 Å². The zero-order chi connectivity index (χ0) is 15.4. The summed E-state index contributed by atoms with van der Waals surface area (Å²) >= 11 is 0. The lowest BCUT2D eigenvalue weighted by molar-refractivity contribution is 0.273. The maximum atomic E-state index is 13.8. The van der Waals surface area contributed by atoms with E-state index in [-0.39, 0.29) is 12.4 Å². The van der Waals surface area contributed by atoms with Gasteiger partial charge in [0.15, 0.2) is 23.1 Å². The summed E-state index contributed by atoms with van der Waals surface area (Å²) in [6, 6.07) is 4.47. The number of anilines is 1. The fraction of sp³-hybridized carbons (Fsp3) is 0.267. The molecule has 21 heavy (non-hydrogen) atoms. The first-order chi connectivity index (χ1) is 10.1. The molecule has 1 aromatic carbocycles. The largest absolute Gasteiger partial charge is 0.493 e. The number of nitrogens with two attached hydrogens (primary N) is 1. The van der Waals surface area contributed by atoms with E-state index in [1.807, 2.05) is 0 Å². The smallest absolute Gasteiger partial charge is 0.185 e. The Labute approximate surface area is 122 Å². The first kappa shape index (κ1) is 14.9. The van der Waals surface area contributed by atoms with Crippen molar-refractivity contribution in [2.75, 3.05) is 20.0 Å². The first-order valence-electron chi connectivity index (χ1n) is 6.31. The number of hydrogen-bond acceptors (Lipinski definition) is 5. The topological polar surface area (TPSA) is 66.6 Å². The van der Waals surface area contributed by atoms with Gasteiger partial charge in [0, 0.05) is 24.0 Å². The van der Waals surface area contributed by atoms with Crippen LogP contribution >= 0.6 is 0 Å². The molecule has 5 nitrogen and oxygen atoms in total. The van der Waals surface area contributed by atoms with Crippen LogP contribution in [0.5, 0.6) is 17.2 Å². The van der Waals surface area contributed by atoms with Crippen molar-refractivity contribution in [3.05, 3.63) is 41.5 Å². The van der Waals surface area contributed by atoms with Crippen molar-refractivity contribution in [2.24, 2.45) is 0 Å². The molecule has 0 saturated carbocycles. The van der Waals surface area contributed by atoms with Crippen LogP contribution in [-0.2, 0) is 6.61 Å². The highest BCUT2D eigenvalue weighted by Crippen LogP contribution is 2.30. The summed E-state index contributed by atoms with van der Waals surface area (Å²) in [6.45, 7) is 1.84. The third-order valence-electron chi connectivity index (χ3n) is 3.05. The molecule has 0 amide bonds. The summed E-state index contributed by atoms with van der Waals surface area (Å²) in [4.78, 5) is 4.17. The molecule has 0 bridgehead atoms. The monoisotopic (exact) mass is 292 g/mol. The predicted molar refractivity (Wildman–Crippen MR) is 77.2 cm³/mol. The highest BCUT2D eigenvalue weighted by atomic mass is 19.1. The van der Waals surface area contributed by atoms with Crippen molar-refractivity contribution in [2.45, 2.75) is 13.5 Å². The van der Waals surface area contributed by atoms with Crippen molar-refractivity contribution in [3.8, 4) is 17.2 Å². The molecule has 0 atom stereocenters. The molecule has 0 radical (unpaired) electrons. The second-order valence-corrected chi connectivity index (χ2v) is 4.42. The fourth-order valence-electron chi connectivity index (χ4n) is 1.88. The lowest BCUT2D eigenvalue weighted by Gasteiger charge is -2.13. The average Bonchev–Trinajstić information content (AvgIpc) is 2.49. The third-order valence-corrected chi connectivity index (χ3v) is 3.05. The molecule has 0 saturated heterocycles. The summed E-state index contributed by atoms with van der Waals surface area (Å²) in [5.74, 6) is 0.612. The number of pyridine rings is 1. The van der Waals surface area contributed by atoms with E-state index < -0.39 is 5.82 Å². The highest BCUT2D eigenvalue weighted by Gasteiger charge is 2.13. The Morgan fingerprint density at radius 2 is 1.95 bits per heavy atom. The van der Waals surface area contributed by atoms with Crippen LogP contribution in [0.3, 0.4) is 0 Å². The van der Waals surface area contributed by atoms with Crippen LogP contribution < -0.4 is 19.9 Å². The van der Waals surface area contributed by atoms with Gasteiger partial charge in [-0.1, -0.05) is 0 Å². The highest BCUT2D eigenvalue weighted by molar-refractivity contribution is 5.50. The summed E-state index contributed by atoms with van der Waals surface area (Å²) in [6.07, 6.45) is 1.57. The van der Waals surface area contributed by atoms with E-state index in [2.05, 4.69) is 4.98 Å². The van der Waals surface area contributed by atoms with Gasteiger partial charge in [0.05, 0.1) is 14.2 Å². The van der Waals surface area contributed by atoms with Crippen LogP contribution in [0.15, 0.2) is 24.4 Å². The maximum absolute atomic E-state index is 13.8. The molecule has 0 aliphatic rings. The number of nitrogens with zero attached hydrogens (tertiary/aromatic N) is 1. The van der Waals surface area contributed by atoms with Crippen LogP contribution in [-0.4, -0.2) is 19.2 Å². The fourth-order valence-corrected chi connectivity index (χ4v) is 1.88. The van der Waals surface area contributed by atoms with E-state index in [9.17, 15) is 4.39 Å². The minimum absolute atomic E-state index is 0.0562. The number of nitrogen functional groups attached to an aromatic ring is 1. The normalized spacial score (nSPS) is 10.3. The minimum Gasteiger partial charge on any atom is -0.493 e. The number of rotatable bonds is 5. The zero-order valence-corrected chi connectivity index (χ0v) is 12.1. The molecule has 1 heterocycles. The summed E-state index contributed by atoms with van der Waals surface area (Å²) in [5, 5.41) is 0. The third kappa shape index (κ3) is 3.16. The summed E-state index contributed by atoms with van der Waals surface area (Å²) in [5.41, 5.74) is 7.29. The summed E-state index contributed by atoms with van der Waals surface area (Å²) < 4.78 is 29.7. The van der Waals surface area contributed by atoms with Crippen molar-refractivity contribution in [3.63, 3.8) is 0 Å². The zero-order valence-electron chi connectivity index (χ0n) is 12.1. The molecular formula is C15H17FN2O3. The Bertz CT molecular complexity index is 647. The van der Waals surface area contributed by atoms with Crippen molar-refractivity contribution in [1.29, 1.82) is 0 Å². The number of methoxy groups -OCH3 is 2.